The maximum atomic E-state index is 11.5. The van der Waals surface area contributed by atoms with Gasteiger partial charge in [0.05, 0.1) is 19.8 Å². The fourth-order valence-electron chi connectivity index (χ4n) is 3.57. The van der Waals surface area contributed by atoms with Gasteiger partial charge in [0, 0.05) is 28.3 Å². The van der Waals surface area contributed by atoms with Gasteiger partial charge in [0.25, 0.3) is 0 Å². The number of ether oxygens (including phenoxy) is 2. The second-order valence-electron chi connectivity index (χ2n) is 9.40. The Morgan fingerprint density at radius 3 is 2.69 bits per heavy atom. The van der Waals surface area contributed by atoms with Crippen molar-refractivity contribution in [2.24, 2.45) is 5.41 Å². The van der Waals surface area contributed by atoms with Gasteiger partial charge in [-0.1, -0.05) is 26.8 Å². The van der Waals surface area contributed by atoms with E-state index in [0.29, 0.717) is 24.7 Å². The molecule has 1 fully saturated rings. The van der Waals surface area contributed by atoms with Gasteiger partial charge in [0.1, 0.15) is 17.5 Å². The van der Waals surface area contributed by atoms with Crippen molar-refractivity contribution in [2.75, 3.05) is 20.3 Å². The van der Waals surface area contributed by atoms with Gasteiger partial charge >= 0.3 is 0 Å². The number of aliphatic hydroxyl groups is 1. The van der Waals surface area contributed by atoms with Crippen molar-refractivity contribution in [3.8, 4) is 5.75 Å². The number of nitrogens with zero attached hydrogens (tertiary/aromatic N) is 1. The summed E-state index contributed by atoms with van der Waals surface area (Å²) in [5.41, 5.74) is 0.721. The van der Waals surface area contributed by atoms with E-state index in [1.807, 2.05) is 13.0 Å². The molecule has 2 rings (SSSR count). The third-order valence-corrected chi connectivity index (χ3v) is 12.0. The molecule has 2 heterocycles. The first-order valence-electron chi connectivity index (χ1n) is 10.2. The van der Waals surface area contributed by atoms with Crippen LogP contribution in [0, 0.1) is 12.3 Å². The lowest BCUT2D eigenvalue weighted by atomic mass is 9.70. The first kappa shape index (κ1) is 24.5. The summed E-state index contributed by atoms with van der Waals surface area (Å²) in [6.45, 7) is 18.2. The van der Waals surface area contributed by atoms with Crippen LogP contribution in [0.25, 0.3) is 0 Å². The summed E-state index contributed by atoms with van der Waals surface area (Å²) >= 11 is 3.49. The van der Waals surface area contributed by atoms with E-state index < -0.39 is 19.8 Å². The standard InChI is InChI=1S/C22H36BrNO4Si/c1-9-22(20(25)18-19(26-6)15(2)16(23)13-24-18)11-10-12-27-17(22)14-28-29(7,8)21(3,4)5/h9,13,17,20,25H,1,10-12,14H2,2-8H3/t17-,20?,22?/m1/s1. The number of hydrogen-bond donors (Lipinski definition) is 1. The van der Waals surface area contributed by atoms with Gasteiger partial charge in [-0.25, -0.2) is 0 Å². The Balaban J connectivity index is 2.40. The zero-order valence-electron chi connectivity index (χ0n) is 18.8. The average Bonchev–Trinajstić information content (AvgIpc) is 2.67. The van der Waals surface area contributed by atoms with Crippen molar-refractivity contribution in [1.82, 2.24) is 4.98 Å². The average molecular weight is 487 g/mol. The lowest BCUT2D eigenvalue weighted by molar-refractivity contribution is -0.131. The van der Waals surface area contributed by atoms with E-state index in [1.54, 1.807) is 13.3 Å². The second kappa shape index (κ2) is 9.18. The second-order valence-corrected chi connectivity index (χ2v) is 15.1. The molecule has 0 aliphatic carbocycles. The molecule has 0 aromatic carbocycles. The highest BCUT2D eigenvalue weighted by molar-refractivity contribution is 9.10. The molecule has 0 saturated carbocycles. The molecule has 5 nitrogen and oxygen atoms in total. The van der Waals surface area contributed by atoms with Crippen LogP contribution < -0.4 is 4.74 Å². The fraction of sp³-hybridized carbons (Fsp3) is 0.682. The number of halogens is 1. The Labute approximate surface area is 185 Å². The summed E-state index contributed by atoms with van der Waals surface area (Å²) in [6, 6.07) is 0. The molecule has 0 amide bonds. The van der Waals surface area contributed by atoms with Gasteiger partial charge in [-0.05, 0) is 53.8 Å². The van der Waals surface area contributed by atoms with Crippen molar-refractivity contribution in [3.05, 3.63) is 34.6 Å². The number of hydrogen-bond acceptors (Lipinski definition) is 5. The Hall–Kier alpha value is -0.733. The monoisotopic (exact) mass is 485 g/mol. The predicted octanol–water partition coefficient (Wildman–Crippen LogP) is 5.57. The van der Waals surface area contributed by atoms with Crippen molar-refractivity contribution >= 4 is 24.2 Å². The lowest BCUT2D eigenvalue weighted by Gasteiger charge is -2.46. The molecule has 1 saturated heterocycles. The first-order valence-corrected chi connectivity index (χ1v) is 13.9. The molecule has 0 bridgehead atoms. The third kappa shape index (κ3) is 4.79. The van der Waals surface area contributed by atoms with Gasteiger partial charge in [-0.3, -0.25) is 4.98 Å². The topological polar surface area (TPSA) is 60.8 Å². The maximum absolute atomic E-state index is 11.5. The van der Waals surface area contributed by atoms with E-state index in [-0.39, 0.29) is 11.1 Å². The predicted molar refractivity (Wildman–Crippen MR) is 123 cm³/mol. The van der Waals surface area contributed by atoms with Gasteiger partial charge in [0.2, 0.25) is 0 Å². The van der Waals surface area contributed by atoms with E-state index in [1.165, 1.54) is 0 Å². The SMILES string of the molecule is C=CC1(C(O)c2ncc(Br)c(C)c2OC)CCCO[C@@H]1CO[Si](C)(C)C(C)(C)C. The smallest absolute Gasteiger partial charge is 0.192 e. The molecule has 0 radical (unpaired) electrons. The van der Waals surface area contributed by atoms with E-state index in [2.05, 4.69) is 61.4 Å². The Morgan fingerprint density at radius 1 is 1.48 bits per heavy atom. The molecule has 3 atom stereocenters. The minimum Gasteiger partial charge on any atom is -0.494 e. The number of aliphatic hydroxyl groups excluding tert-OH is 1. The van der Waals surface area contributed by atoms with E-state index >= 15 is 0 Å². The van der Waals surface area contributed by atoms with Gasteiger partial charge < -0.3 is 19.0 Å². The molecular weight excluding hydrogens is 450 g/mol. The zero-order valence-corrected chi connectivity index (χ0v) is 21.4. The highest BCUT2D eigenvalue weighted by Gasteiger charge is 2.49. The number of rotatable bonds is 7. The van der Waals surface area contributed by atoms with Crippen LogP contribution in [0.2, 0.25) is 18.1 Å². The van der Waals surface area contributed by atoms with Crippen LogP contribution in [-0.2, 0) is 9.16 Å². The van der Waals surface area contributed by atoms with Crippen molar-refractivity contribution in [3.63, 3.8) is 0 Å². The van der Waals surface area contributed by atoms with Crippen LogP contribution in [0.3, 0.4) is 0 Å². The minimum absolute atomic E-state index is 0.102. The van der Waals surface area contributed by atoms with Crippen LogP contribution in [0.15, 0.2) is 23.3 Å². The van der Waals surface area contributed by atoms with Crippen LogP contribution in [0.1, 0.15) is 51.0 Å². The van der Waals surface area contributed by atoms with Crippen LogP contribution in [0.5, 0.6) is 5.75 Å². The molecule has 1 aliphatic rings. The molecule has 29 heavy (non-hydrogen) atoms. The molecule has 1 N–H and O–H groups in total. The largest absolute Gasteiger partial charge is 0.494 e. The molecule has 0 spiro atoms. The van der Waals surface area contributed by atoms with Gasteiger partial charge in [-0.2, -0.15) is 0 Å². The summed E-state index contributed by atoms with van der Waals surface area (Å²) in [6.07, 6.45) is 3.93. The highest BCUT2D eigenvalue weighted by Crippen LogP contribution is 2.49. The molecule has 7 heteroatoms. The maximum Gasteiger partial charge on any atom is 0.192 e. The summed E-state index contributed by atoms with van der Waals surface area (Å²) in [5.74, 6) is 0.586. The van der Waals surface area contributed by atoms with E-state index in [0.717, 1.165) is 22.9 Å². The van der Waals surface area contributed by atoms with Crippen molar-refractivity contribution in [1.29, 1.82) is 0 Å². The summed E-state index contributed by atoms with van der Waals surface area (Å²) in [5, 5.41) is 11.6. The van der Waals surface area contributed by atoms with Crippen LogP contribution in [0.4, 0.5) is 0 Å². The zero-order chi connectivity index (χ0) is 22.0. The molecule has 164 valence electrons. The Bertz CT molecular complexity index is 734. The number of aromatic nitrogens is 1. The molecular formula is C22H36BrNO4Si. The van der Waals surface area contributed by atoms with E-state index in [4.69, 9.17) is 13.9 Å². The van der Waals surface area contributed by atoms with Gasteiger partial charge in [0.15, 0.2) is 8.32 Å². The third-order valence-electron chi connectivity index (χ3n) is 6.68. The molecule has 1 aliphatic heterocycles. The fourth-order valence-corrected chi connectivity index (χ4v) is 4.85. The quantitative estimate of drug-likeness (QED) is 0.404. The van der Waals surface area contributed by atoms with E-state index in [9.17, 15) is 5.11 Å². The summed E-state index contributed by atoms with van der Waals surface area (Å²) in [7, 11) is -0.355. The molecule has 2 unspecified atom stereocenters. The highest BCUT2D eigenvalue weighted by atomic mass is 79.9. The van der Waals surface area contributed by atoms with Crippen molar-refractivity contribution < 1.29 is 19.0 Å². The van der Waals surface area contributed by atoms with Crippen LogP contribution >= 0.6 is 15.9 Å². The Morgan fingerprint density at radius 2 is 2.14 bits per heavy atom. The van der Waals surface area contributed by atoms with Crippen molar-refractivity contribution in [2.45, 2.75) is 70.9 Å². The molecule has 1 aromatic rings. The first-order chi connectivity index (χ1) is 13.4. The van der Waals surface area contributed by atoms with Gasteiger partial charge in [-0.15, -0.1) is 6.58 Å². The van der Waals surface area contributed by atoms with Crippen LogP contribution in [-0.4, -0.2) is 44.8 Å². The number of methoxy groups -OCH3 is 1. The lowest BCUT2D eigenvalue weighted by Crippen LogP contribution is -2.50. The Kier molecular flexibility index (Phi) is 7.77. The summed E-state index contributed by atoms with van der Waals surface area (Å²) in [4.78, 5) is 4.50. The number of pyridine rings is 1. The molecule has 1 aromatic heterocycles. The minimum atomic E-state index is -1.95. The normalized spacial score (nSPS) is 24.2. The summed E-state index contributed by atoms with van der Waals surface area (Å²) < 4.78 is 19.1.